The second kappa shape index (κ2) is 9.54. The molecule has 0 aliphatic carbocycles. The van der Waals surface area contributed by atoms with Crippen LogP contribution in [-0.4, -0.2) is 36.0 Å². The zero-order valence-corrected chi connectivity index (χ0v) is 13.3. The number of hydrogen-bond acceptors (Lipinski definition) is 5. The van der Waals surface area contributed by atoms with Crippen LogP contribution in [0, 0.1) is 27.3 Å². The molecule has 1 aliphatic heterocycles. The van der Waals surface area contributed by atoms with Gasteiger partial charge >= 0.3 is 5.69 Å². The van der Waals surface area contributed by atoms with Crippen LogP contribution >= 0.6 is 24.8 Å². The van der Waals surface area contributed by atoms with E-state index in [0.29, 0.717) is 5.56 Å². The van der Waals surface area contributed by atoms with Crippen molar-refractivity contribution in [1.29, 1.82) is 5.26 Å². The van der Waals surface area contributed by atoms with Crippen molar-refractivity contribution in [3.05, 3.63) is 39.7 Å². The Bertz CT molecular complexity index is 547. The zero-order chi connectivity index (χ0) is 14.5. The highest BCUT2D eigenvalue weighted by atomic mass is 35.5. The number of hydrogen-bond donors (Lipinski definition) is 1. The maximum absolute atomic E-state index is 13.4. The molecule has 1 atom stereocenters. The van der Waals surface area contributed by atoms with Gasteiger partial charge in [-0.05, 0) is 11.6 Å². The van der Waals surface area contributed by atoms with Gasteiger partial charge in [0.25, 0.3) is 0 Å². The Balaban J connectivity index is 0.00000220. The number of rotatable bonds is 4. The predicted molar refractivity (Wildman–Crippen MR) is 85.0 cm³/mol. The van der Waals surface area contributed by atoms with Crippen LogP contribution in [0.3, 0.4) is 0 Å². The molecule has 0 radical (unpaired) electrons. The number of nitro groups is 1. The fourth-order valence-electron chi connectivity index (χ4n) is 2.41. The normalized spacial score (nSPS) is 15.8. The molecule has 22 heavy (non-hydrogen) atoms. The van der Waals surface area contributed by atoms with Crippen LogP contribution in [0.5, 0.6) is 0 Å². The predicted octanol–water partition coefficient (Wildman–Crippen LogP) is 2.44. The van der Waals surface area contributed by atoms with Crippen molar-refractivity contribution in [2.45, 2.75) is 12.5 Å². The largest absolute Gasteiger partial charge is 0.314 e. The first-order valence-electron chi connectivity index (χ1n) is 6.39. The van der Waals surface area contributed by atoms with Crippen molar-refractivity contribution < 1.29 is 9.31 Å². The summed E-state index contributed by atoms with van der Waals surface area (Å²) >= 11 is 0. The molecule has 1 aromatic carbocycles. The van der Waals surface area contributed by atoms with Crippen LogP contribution in [0.2, 0.25) is 0 Å². The van der Waals surface area contributed by atoms with Crippen molar-refractivity contribution in [3.8, 4) is 6.07 Å². The molecule has 1 N–H and O–H groups in total. The minimum atomic E-state index is -0.852. The van der Waals surface area contributed by atoms with Gasteiger partial charge in [-0.2, -0.15) is 9.65 Å². The van der Waals surface area contributed by atoms with Gasteiger partial charge in [0, 0.05) is 38.3 Å². The highest BCUT2D eigenvalue weighted by molar-refractivity contribution is 5.85. The lowest BCUT2D eigenvalue weighted by molar-refractivity contribution is -0.387. The van der Waals surface area contributed by atoms with Gasteiger partial charge in [0.15, 0.2) is 0 Å². The van der Waals surface area contributed by atoms with Crippen LogP contribution in [0.4, 0.5) is 10.1 Å². The van der Waals surface area contributed by atoms with E-state index in [9.17, 15) is 14.5 Å². The molecule has 0 unspecified atom stereocenters. The quantitative estimate of drug-likeness (QED) is 0.666. The number of halogens is 3. The smallest absolute Gasteiger partial charge is 0.305 e. The average molecular weight is 351 g/mol. The topological polar surface area (TPSA) is 82.2 Å². The van der Waals surface area contributed by atoms with Crippen LogP contribution in [0.1, 0.15) is 18.0 Å². The summed E-state index contributed by atoms with van der Waals surface area (Å²) in [4.78, 5) is 12.2. The summed E-state index contributed by atoms with van der Waals surface area (Å²) in [6.45, 7) is 3.14. The summed E-state index contributed by atoms with van der Waals surface area (Å²) in [5.74, 6) is -0.852. The molecule has 0 aromatic heterocycles. The number of piperazine rings is 1. The molecule has 1 fully saturated rings. The van der Waals surface area contributed by atoms with Gasteiger partial charge in [-0.25, -0.2) is 0 Å². The molecular weight excluding hydrogens is 334 g/mol. The summed E-state index contributed by atoms with van der Waals surface area (Å²) in [6, 6.07) is 5.72. The first-order chi connectivity index (χ1) is 9.63. The van der Waals surface area contributed by atoms with Crippen LogP contribution in [0.25, 0.3) is 0 Å². The third kappa shape index (κ3) is 4.78. The van der Waals surface area contributed by atoms with Crippen LogP contribution in [0.15, 0.2) is 18.2 Å². The summed E-state index contributed by atoms with van der Waals surface area (Å²) in [5, 5.41) is 23.0. The Labute approximate surface area is 140 Å². The van der Waals surface area contributed by atoms with E-state index in [-0.39, 0.29) is 37.3 Å². The van der Waals surface area contributed by atoms with Gasteiger partial charge in [-0.1, -0.05) is 6.07 Å². The number of nitro benzene ring substituents is 1. The maximum atomic E-state index is 13.4. The van der Waals surface area contributed by atoms with Gasteiger partial charge < -0.3 is 5.32 Å². The highest BCUT2D eigenvalue weighted by Crippen LogP contribution is 2.28. The van der Waals surface area contributed by atoms with Crippen molar-refractivity contribution in [2.75, 3.05) is 26.2 Å². The van der Waals surface area contributed by atoms with Gasteiger partial charge in [0.1, 0.15) is 0 Å². The summed E-state index contributed by atoms with van der Waals surface area (Å²) < 4.78 is 13.4. The summed E-state index contributed by atoms with van der Waals surface area (Å²) in [5.41, 5.74) is 0.0714. The third-order valence-electron chi connectivity index (χ3n) is 3.43. The lowest BCUT2D eigenvalue weighted by atomic mass is 10.0. The average Bonchev–Trinajstić information content (AvgIpc) is 2.46. The third-order valence-corrected chi connectivity index (χ3v) is 3.43. The Morgan fingerprint density at radius 3 is 2.59 bits per heavy atom. The van der Waals surface area contributed by atoms with E-state index in [1.54, 1.807) is 0 Å². The number of nitrogens with zero attached hydrogens (tertiary/aromatic N) is 3. The van der Waals surface area contributed by atoms with Gasteiger partial charge in [-0.15, -0.1) is 24.8 Å². The number of benzene rings is 1. The molecule has 2 rings (SSSR count). The van der Waals surface area contributed by atoms with E-state index in [4.69, 9.17) is 5.26 Å². The minimum Gasteiger partial charge on any atom is -0.314 e. The molecule has 1 saturated heterocycles. The maximum Gasteiger partial charge on any atom is 0.305 e. The van der Waals surface area contributed by atoms with Gasteiger partial charge in [-0.3, -0.25) is 15.0 Å². The lowest BCUT2D eigenvalue weighted by Gasteiger charge is -2.34. The van der Waals surface area contributed by atoms with Gasteiger partial charge in [0.2, 0.25) is 5.82 Å². The molecular formula is C13H17Cl2FN4O2. The summed E-state index contributed by atoms with van der Waals surface area (Å²) in [6.07, 6.45) is 0.225. The van der Waals surface area contributed by atoms with Crippen molar-refractivity contribution in [1.82, 2.24) is 10.2 Å². The molecule has 6 nitrogen and oxygen atoms in total. The molecule has 0 spiro atoms. The first-order valence-corrected chi connectivity index (χ1v) is 6.39. The molecule has 0 amide bonds. The van der Waals surface area contributed by atoms with E-state index in [1.165, 1.54) is 12.1 Å². The second-order valence-electron chi connectivity index (χ2n) is 4.63. The summed E-state index contributed by atoms with van der Waals surface area (Å²) in [7, 11) is 0. The van der Waals surface area contributed by atoms with Gasteiger partial charge in [0.05, 0.1) is 17.4 Å². The highest BCUT2D eigenvalue weighted by Gasteiger charge is 2.25. The standard InChI is InChI=1S/C13H15FN4O2.2ClH/c14-11-2-1-10(9-13(11)18(19)20)12(3-4-15)17-7-5-16-6-8-17;;/h1-2,9,12,16H,3,5-8H2;2*1H/t12-;;/m0../s1. The molecule has 0 bridgehead atoms. The molecule has 1 aliphatic rings. The fraction of sp³-hybridized carbons (Fsp3) is 0.462. The van der Waals surface area contributed by atoms with Crippen molar-refractivity contribution >= 4 is 30.5 Å². The molecule has 1 aromatic rings. The van der Waals surface area contributed by atoms with Crippen LogP contribution < -0.4 is 5.32 Å². The van der Waals surface area contributed by atoms with E-state index >= 15 is 0 Å². The van der Waals surface area contributed by atoms with E-state index in [1.807, 2.05) is 0 Å². The lowest BCUT2D eigenvalue weighted by Crippen LogP contribution is -2.45. The van der Waals surface area contributed by atoms with Crippen molar-refractivity contribution in [2.24, 2.45) is 0 Å². The monoisotopic (exact) mass is 350 g/mol. The Morgan fingerprint density at radius 2 is 2.05 bits per heavy atom. The molecule has 1 heterocycles. The van der Waals surface area contributed by atoms with E-state index < -0.39 is 16.4 Å². The Morgan fingerprint density at radius 1 is 1.41 bits per heavy atom. The Kier molecular flexibility index (Phi) is 8.90. The van der Waals surface area contributed by atoms with Crippen LogP contribution in [-0.2, 0) is 0 Å². The SMILES string of the molecule is Cl.Cl.N#CC[C@@H](c1ccc(F)c([N+](=O)[O-])c1)N1CCNCC1. The van der Waals surface area contributed by atoms with E-state index in [0.717, 1.165) is 32.2 Å². The molecule has 0 saturated carbocycles. The van der Waals surface area contributed by atoms with E-state index in [2.05, 4.69) is 16.3 Å². The fourth-order valence-corrected chi connectivity index (χ4v) is 2.41. The second-order valence-corrected chi connectivity index (χ2v) is 4.63. The zero-order valence-electron chi connectivity index (χ0n) is 11.7. The first kappa shape index (κ1) is 20.5. The molecule has 122 valence electrons. The minimum absolute atomic E-state index is 0. The number of nitriles is 1. The van der Waals surface area contributed by atoms with Crippen molar-refractivity contribution in [3.63, 3.8) is 0 Å². The number of nitrogens with one attached hydrogen (secondary N) is 1. The molecule has 9 heteroatoms. The Hall–Kier alpha value is -1.46.